The summed E-state index contributed by atoms with van der Waals surface area (Å²) in [7, 11) is 0. The number of nitrogens with zero attached hydrogens (tertiary/aromatic N) is 1. The molecule has 1 heterocycles. The molecule has 9 aromatic carbocycles. The van der Waals surface area contributed by atoms with Gasteiger partial charge in [-0.2, -0.15) is 0 Å². The van der Waals surface area contributed by atoms with Gasteiger partial charge < -0.3 is 9.32 Å². The molecule has 2 heteroatoms. The van der Waals surface area contributed by atoms with Gasteiger partial charge in [0.1, 0.15) is 11.2 Å². The summed E-state index contributed by atoms with van der Waals surface area (Å²) in [4.78, 5) is 2.38. The van der Waals surface area contributed by atoms with Gasteiger partial charge in [-0.25, -0.2) is 0 Å². The summed E-state index contributed by atoms with van der Waals surface area (Å²) in [6.07, 6.45) is 0. The van der Waals surface area contributed by atoms with Crippen molar-refractivity contribution >= 4 is 82.1 Å². The number of fused-ring (bicyclic) bond motifs is 9. The average molecular weight is 612 g/mol. The number of benzene rings is 9. The van der Waals surface area contributed by atoms with E-state index in [1.54, 1.807) is 0 Å². The van der Waals surface area contributed by atoms with E-state index in [1.165, 1.54) is 54.2 Å². The van der Waals surface area contributed by atoms with Crippen LogP contribution in [-0.4, -0.2) is 0 Å². The molecule has 0 unspecified atom stereocenters. The minimum absolute atomic E-state index is 0.880. The zero-order valence-corrected chi connectivity index (χ0v) is 26.1. The van der Waals surface area contributed by atoms with Gasteiger partial charge in [-0.05, 0) is 103 Å². The summed E-state index contributed by atoms with van der Waals surface area (Å²) in [5.41, 5.74) is 7.43. The van der Waals surface area contributed by atoms with E-state index in [1.807, 2.05) is 12.1 Å². The van der Waals surface area contributed by atoms with Crippen LogP contribution in [0.5, 0.6) is 0 Å². The number of anilines is 3. The van der Waals surface area contributed by atoms with Crippen LogP contribution in [0.15, 0.2) is 180 Å². The van der Waals surface area contributed by atoms with Crippen molar-refractivity contribution in [2.45, 2.75) is 0 Å². The number of para-hydroxylation sites is 1. The Hall–Kier alpha value is -6.38. The van der Waals surface area contributed by atoms with Gasteiger partial charge in [0.25, 0.3) is 0 Å². The molecule has 0 saturated heterocycles. The van der Waals surface area contributed by atoms with E-state index in [0.29, 0.717) is 0 Å². The zero-order chi connectivity index (χ0) is 31.6. The summed E-state index contributed by atoms with van der Waals surface area (Å²) < 4.78 is 6.36. The van der Waals surface area contributed by atoms with Gasteiger partial charge in [-0.3, -0.25) is 0 Å². The van der Waals surface area contributed by atoms with Crippen LogP contribution in [0.25, 0.3) is 76.2 Å². The Morgan fingerprint density at radius 2 is 0.854 bits per heavy atom. The highest BCUT2D eigenvalue weighted by Crippen LogP contribution is 2.44. The molecule has 0 radical (unpaired) electrons. The lowest BCUT2D eigenvalue weighted by molar-refractivity contribution is 0.669. The standard InChI is InChI=1S/C46H29NO/c1-3-10-38-31(8-1)16-18-33-20-21-35(28-41(33)38)30-22-25-36(26-23-30)47(43-13-7-15-45-46(43)40-12-5-6-14-44(40)48-45)37-27-24-34-19-17-32-9-2-4-11-39(32)42(34)29-37/h1-29H. The van der Waals surface area contributed by atoms with Crippen LogP contribution in [-0.2, 0) is 0 Å². The fourth-order valence-electron chi connectivity index (χ4n) is 7.48. The monoisotopic (exact) mass is 611 g/mol. The molecule has 0 saturated carbocycles. The predicted octanol–water partition coefficient (Wildman–Crippen LogP) is 13.3. The molecule has 0 spiro atoms. The van der Waals surface area contributed by atoms with Gasteiger partial charge >= 0.3 is 0 Å². The van der Waals surface area contributed by atoms with Crippen LogP contribution < -0.4 is 4.90 Å². The fraction of sp³-hybridized carbons (Fsp3) is 0. The normalized spacial score (nSPS) is 11.8. The highest BCUT2D eigenvalue weighted by Gasteiger charge is 2.20. The first-order valence-corrected chi connectivity index (χ1v) is 16.4. The Balaban J connectivity index is 1.17. The van der Waals surface area contributed by atoms with E-state index >= 15 is 0 Å². The second-order valence-electron chi connectivity index (χ2n) is 12.5. The molecule has 0 N–H and O–H groups in total. The SMILES string of the molecule is c1ccc2c(c1)ccc1ccc(-c3ccc(N(c4ccc5ccc6ccccc6c5c4)c4cccc5oc6ccccc6c45)cc3)cc12. The molecule has 0 aliphatic rings. The summed E-state index contributed by atoms with van der Waals surface area (Å²) in [6.45, 7) is 0. The molecule has 0 aliphatic heterocycles. The highest BCUT2D eigenvalue weighted by molar-refractivity contribution is 6.14. The molecule has 0 fully saturated rings. The molecule has 0 amide bonds. The largest absolute Gasteiger partial charge is 0.456 e. The third-order valence-corrected chi connectivity index (χ3v) is 9.82. The van der Waals surface area contributed by atoms with Gasteiger partial charge in [0, 0.05) is 16.8 Å². The van der Waals surface area contributed by atoms with E-state index < -0.39 is 0 Å². The van der Waals surface area contributed by atoms with Crippen molar-refractivity contribution in [1.29, 1.82) is 0 Å². The predicted molar refractivity (Wildman–Crippen MR) is 204 cm³/mol. The second-order valence-corrected chi connectivity index (χ2v) is 12.5. The van der Waals surface area contributed by atoms with E-state index in [0.717, 1.165) is 39.0 Å². The quantitative estimate of drug-likeness (QED) is 0.184. The van der Waals surface area contributed by atoms with E-state index in [2.05, 4.69) is 169 Å². The lowest BCUT2D eigenvalue weighted by Crippen LogP contribution is -2.10. The molecule has 1 aromatic heterocycles. The van der Waals surface area contributed by atoms with Crippen molar-refractivity contribution in [1.82, 2.24) is 0 Å². The Labute approximate surface area is 277 Å². The fourth-order valence-corrected chi connectivity index (χ4v) is 7.48. The maximum absolute atomic E-state index is 6.36. The van der Waals surface area contributed by atoms with Gasteiger partial charge in [-0.15, -0.1) is 0 Å². The van der Waals surface area contributed by atoms with Crippen molar-refractivity contribution in [3.63, 3.8) is 0 Å². The van der Waals surface area contributed by atoms with Crippen molar-refractivity contribution in [3.8, 4) is 11.1 Å². The highest BCUT2D eigenvalue weighted by atomic mass is 16.3. The summed E-state index contributed by atoms with van der Waals surface area (Å²) in [6, 6.07) is 63.4. The Morgan fingerprint density at radius 1 is 0.333 bits per heavy atom. The number of rotatable bonds is 4. The second kappa shape index (κ2) is 10.6. The minimum atomic E-state index is 0.880. The van der Waals surface area contributed by atoms with Gasteiger partial charge in [0.15, 0.2) is 0 Å². The maximum Gasteiger partial charge on any atom is 0.137 e. The van der Waals surface area contributed by atoms with Gasteiger partial charge in [0.2, 0.25) is 0 Å². The molecule has 0 aliphatic carbocycles. The van der Waals surface area contributed by atoms with Crippen LogP contribution in [0.4, 0.5) is 17.1 Å². The summed E-state index contributed by atoms with van der Waals surface area (Å²) in [5, 5.41) is 12.2. The van der Waals surface area contributed by atoms with E-state index in [4.69, 9.17) is 4.42 Å². The number of furan rings is 1. The lowest BCUT2D eigenvalue weighted by atomic mass is 9.97. The van der Waals surface area contributed by atoms with Crippen molar-refractivity contribution in [3.05, 3.63) is 176 Å². The van der Waals surface area contributed by atoms with Gasteiger partial charge in [0.05, 0.1) is 11.1 Å². The van der Waals surface area contributed by atoms with E-state index in [-0.39, 0.29) is 0 Å². The van der Waals surface area contributed by atoms with Crippen molar-refractivity contribution in [2.75, 3.05) is 4.90 Å². The first-order chi connectivity index (χ1) is 23.8. The van der Waals surface area contributed by atoms with Crippen LogP contribution in [0.1, 0.15) is 0 Å². The molecule has 48 heavy (non-hydrogen) atoms. The zero-order valence-electron chi connectivity index (χ0n) is 26.1. The van der Waals surface area contributed by atoms with Crippen LogP contribution in [0, 0.1) is 0 Å². The average Bonchev–Trinajstić information content (AvgIpc) is 3.54. The first-order valence-electron chi connectivity index (χ1n) is 16.4. The first kappa shape index (κ1) is 26.8. The summed E-state index contributed by atoms with van der Waals surface area (Å²) in [5.74, 6) is 0. The maximum atomic E-state index is 6.36. The topological polar surface area (TPSA) is 16.4 Å². The number of hydrogen-bond acceptors (Lipinski definition) is 2. The number of hydrogen-bond donors (Lipinski definition) is 0. The Kier molecular flexibility index (Phi) is 5.91. The Morgan fingerprint density at radius 3 is 1.58 bits per heavy atom. The molecule has 10 aromatic rings. The molecular formula is C46H29NO. The molecule has 224 valence electrons. The van der Waals surface area contributed by atoms with Crippen LogP contribution >= 0.6 is 0 Å². The molecule has 0 atom stereocenters. The van der Waals surface area contributed by atoms with Crippen molar-refractivity contribution < 1.29 is 4.42 Å². The van der Waals surface area contributed by atoms with E-state index in [9.17, 15) is 0 Å². The minimum Gasteiger partial charge on any atom is -0.456 e. The molecule has 10 rings (SSSR count). The van der Waals surface area contributed by atoms with Crippen molar-refractivity contribution in [2.24, 2.45) is 0 Å². The van der Waals surface area contributed by atoms with Gasteiger partial charge in [-0.1, -0.05) is 127 Å². The lowest BCUT2D eigenvalue weighted by Gasteiger charge is -2.27. The third kappa shape index (κ3) is 4.20. The van der Waals surface area contributed by atoms with Crippen LogP contribution in [0.2, 0.25) is 0 Å². The molecule has 2 nitrogen and oxygen atoms in total. The third-order valence-electron chi connectivity index (χ3n) is 9.82. The van der Waals surface area contributed by atoms with Crippen LogP contribution in [0.3, 0.4) is 0 Å². The molecular weight excluding hydrogens is 583 g/mol. The smallest absolute Gasteiger partial charge is 0.137 e. The molecule has 0 bridgehead atoms. The Bertz CT molecular complexity index is 2840. The summed E-state index contributed by atoms with van der Waals surface area (Å²) >= 11 is 0.